The molecule has 0 fully saturated rings. The predicted molar refractivity (Wildman–Crippen MR) is 147 cm³/mol. The van der Waals surface area contributed by atoms with E-state index in [4.69, 9.17) is 11.5 Å². The Morgan fingerprint density at radius 3 is 1.82 bits per heavy atom. The third-order valence-electron chi connectivity index (χ3n) is 6.00. The summed E-state index contributed by atoms with van der Waals surface area (Å²) in [4.78, 5) is 62.5. The van der Waals surface area contributed by atoms with Gasteiger partial charge in [-0.1, -0.05) is 56.3 Å². The summed E-state index contributed by atoms with van der Waals surface area (Å²) in [5, 5.41) is 26.4. The monoisotopic (exact) mass is 555 g/mol. The summed E-state index contributed by atoms with van der Waals surface area (Å²) in [5.41, 5.74) is 12.7. The summed E-state index contributed by atoms with van der Waals surface area (Å²) in [6.07, 6.45) is -0.269. The summed E-state index contributed by atoms with van der Waals surface area (Å²) in [6.45, 7) is 3.68. The van der Waals surface area contributed by atoms with Gasteiger partial charge in [0.25, 0.3) is 0 Å². The maximum atomic E-state index is 13.2. The molecule has 0 saturated carbocycles. The van der Waals surface area contributed by atoms with Crippen molar-refractivity contribution in [3.63, 3.8) is 0 Å². The van der Waals surface area contributed by atoms with Gasteiger partial charge >= 0.3 is 5.97 Å². The summed E-state index contributed by atoms with van der Waals surface area (Å²) in [6, 6.07) is 9.97. The highest BCUT2D eigenvalue weighted by atomic mass is 16.4. The highest BCUT2D eigenvalue weighted by Crippen LogP contribution is 2.12. The van der Waals surface area contributed by atoms with Gasteiger partial charge < -0.3 is 37.6 Å². The maximum Gasteiger partial charge on any atom is 0.326 e. The van der Waals surface area contributed by atoms with Crippen molar-refractivity contribution in [1.29, 1.82) is 0 Å². The molecule has 0 aliphatic carbocycles. The van der Waals surface area contributed by atoms with Crippen LogP contribution in [-0.2, 0) is 36.8 Å². The van der Waals surface area contributed by atoms with Gasteiger partial charge in [-0.15, -0.1) is 0 Å². The molecule has 2 aromatic rings. The third-order valence-corrected chi connectivity index (χ3v) is 6.00. The van der Waals surface area contributed by atoms with Gasteiger partial charge in [0, 0.05) is 6.42 Å². The lowest BCUT2D eigenvalue weighted by Gasteiger charge is -2.25. The zero-order chi connectivity index (χ0) is 29.8. The van der Waals surface area contributed by atoms with E-state index in [2.05, 4.69) is 16.0 Å². The number of carbonyl (C=O) groups is 5. The summed E-state index contributed by atoms with van der Waals surface area (Å²) in [7, 11) is 0. The molecule has 12 heteroatoms. The minimum Gasteiger partial charge on any atom is -0.508 e. The van der Waals surface area contributed by atoms with Crippen molar-refractivity contribution in [2.75, 3.05) is 0 Å². The average molecular weight is 556 g/mol. The number of phenols is 1. The zero-order valence-corrected chi connectivity index (χ0v) is 22.5. The van der Waals surface area contributed by atoms with E-state index in [1.807, 2.05) is 44.2 Å². The number of hydrogen-bond donors (Lipinski definition) is 7. The topological polar surface area (TPSA) is 214 Å². The first kappa shape index (κ1) is 31.8. The molecular formula is C28H37N5O7. The smallest absolute Gasteiger partial charge is 0.326 e. The number of carboxylic acids is 1. The number of benzene rings is 2. The molecule has 2 aromatic carbocycles. The second-order valence-corrected chi connectivity index (χ2v) is 9.99. The summed E-state index contributed by atoms with van der Waals surface area (Å²) < 4.78 is 0. The molecule has 12 nitrogen and oxygen atoms in total. The molecule has 40 heavy (non-hydrogen) atoms. The lowest BCUT2D eigenvalue weighted by atomic mass is 10.0. The van der Waals surface area contributed by atoms with Crippen LogP contribution in [0.1, 0.15) is 37.8 Å². The van der Waals surface area contributed by atoms with Crippen LogP contribution in [0.5, 0.6) is 5.75 Å². The van der Waals surface area contributed by atoms with Crippen LogP contribution in [0.25, 0.3) is 0 Å². The molecule has 0 radical (unpaired) electrons. The van der Waals surface area contributed by atoms with Gasteiger partial charge in [-0.3, -0.25) is 19.2 Å². The molecule has 0 spiro atoms. The Bertz CT molecular complexity index is 1170. The van der Waals surface area contributed by atoms with Crippen LogP contribution < -0.4 is 27.4 Å². The van der Waals surface area contributed by atoms with E-state index in [9.17, 15) is 34.2 Å². The van der Waals surface area contributed by atoms with E-state index in [-0.39, 0.29) is 30.9 Å². The lowest BCUT2D eigenvalue weighted by molar-refractivity contribution is -0.142. The Labute approximate surface area is 232 Å². The Kier molecular flexibility index (Phi) is 12.1. The number of phenolic OH excluding ortho intramolecular Hbond substituents is 1. The molecule has 0 heterocycles. The Balaban J connectivity index is 2.13. The zero-order valence-electron chi connectivity index (χ0n) is 22.5. The van der Waals surface area contributed by atoms with Gasteiger partial charge in [-0.2, -0.15) is 0 Å². The van der Waals surface area contributed by atoms with Crippen LogP contribution in [0.2, 0.25) is 0 Å². The predicted octanol–water partition coefficient (Wildman–Crippen LogP) is -0.0348. The quantitative estimate of drug-likeness (QED) is 0.158. The van der Waals surface area contributed by atoms with Gasteiger partial charge in [-0.05, 0) is 42.0 Å². The first-order chi connectivity index (χ1) is 18.8. The number of nitrogens with two attached hydrogens (primary N) is 2. The van der Waals surface area contributed by atoms with Gasteiger partial charge in [-0.25, -0.2) is 4.79 Å². The van der Waals surface area contributed by atoms with Crippen LogP contribution in [0.3, 0.4) is 0 Å². The molecule has 0 bridgehead atoms. The minimum absolute atomic E-state index is 0.00652. The Morgan fingerprint density at radius 1 is 0.750 bits per heavy atom. The van der Waals surface area contributed by atoms with Crippen molar-refractivity contribution >= 4 is 29.6 Å². The Hall–Kier alpha value is -4.45. The highest BCUT2D eigenvalue weighted by Gasteiger charge is 2.31. The SMILES string of the molecule is CC(C)CC(NC(=O)C(N)Cc1ccccc1)C(=O)NC(CC(N)=O)C(=O)NC(Cc1ccc(O)cc1)C(=O)O. The molecule has 0 aliphatic heterocycles. The molecule has 9 N–H and O–H groups in total. The Morgan fingerprint density at radius 2 is 1.27 bits per heavy atom. The fraction of sp³-hybridized carbons (Fsp3) is 0.393. The van der Waals surface area contributed by atoms with Crippen LogP contribution in [0.4, 0.5) is 0 Å². The van der Waals surface area contributed by atoms with E-state index in [1.54, 1.807) is 0 Å². The van der Waals surface area contributed by atoms with Gasteiger partial charge in [0.1, 0.15) is 23.9 Å². The minimum atomic E-state index is -1.49. The molecule has 216 valence electrons. The van der Waals surface area contributed by atoms with Crippen molar-refractivity contribution < 1.29 is 34.2 Å². The van der Waals surface area contributed by atoms with E-state index >= 15 is 0 Å². The van der Waals surface area contributed by atoms with Crippen molar-refractivity contribution in [2.24, 2.45) is 17.4 Å². The van der Waals surface area contributed by atoms with Crippen molar-refractivity contribution in [3.05, 3.63) is 65.7 Å². The van der Waals surface area contributed by atoms with E-state index in [0.29, 0.717) is 5.56 Å². The number of carboxylic acid groups (broad SMARTS) is 1. The van der Waals surface area contributed by atoms with Crippen molar-refractivity contribution in [1.82, 2.24) is 16.0 Å². The summed E-state index contributed by atoms with van der Waals surface area (Å²) in [5.74, 6) is -4.54. The number of carbonyl (C=O) groups excluding carboxylic acids is 4. The number of rotatable bonds is 15. The van der Waals surface area contributed by atoms with Gasteiger partial charge in [0.2, 0.25) is 23.6 Å². The number of aliphatic carboxylic acids is 1. The van der Waals surface area contributed by atoms with Crippen LogP contribution in [0.15, 0.2) is 54.6 Å². The fourth-order valence-corrected chi connectivity index (χ4v) is 3.97. The van der Waals surface area contributed by atoms with Crippen LogP contribution in [0, 0.1) is 5.92 Å². The second kappa shape index (κ2) is 15.2. The number of aromatic hydroxyl groups is 1. The molecule has 4 amide bonds. The average Bonchev–Trinajstić information content (AvgIpc) is 2.88. The molecule has 0 aliphatic rings. The number of nitrogens with one attached hydrogen (secondary N) is 3. The first-order valence-electron chi connectivity index (χ1n) is 12.8. The van der Waals surface area contributed by atoms with E-state index in [1.165, 1.54) is 24.3 Å². The molecule has 4 atom stereocenters. The highest BCUT2D eigenvalue weighted by molar-refractivity contribution is 5.96. The number of hydrogen-bond acceptors (Lipinski definition) is 7. The number of primary amides is 1. The van der Waals surface area contributed by atoms with E-state index in [0.717, 1.165) is 5.56 Å². The third kappa shape index (κ3) is 10.7. The van der Waals surface area contributed by atoms with Gasteiger partial charge in [0.15, 0.2) is 0 Å². The first-order valence-corrected chi connectivity index (χ1v) is 12.8. The largest absolute Gasteiger partial charge is 0.508 e. The number of amides is 4. The summed E-state index contributed by atoms with van der Waals surface area (Å²) >= 11 is 0. The normalized spacial score (nSPS) is 13.9. The van der Waals surface area contributed by atoms with Crippen LogP contribution in [-0.4, -0.2) is 64.0 Å². The van der Waals surface area contributed by atoms with Gasteiger partial charge in [0.05, 0.1) is 12.5 Å². The molecule has 0 aromatic heterocycles. The van der Waals surface area contributed by atoms with E-state index < -0.39 is 60.2 Å². The van der Waals surface area contributed by atoms with Crippen LogP contribution >= 0.6 is 0 Å². The molecule has 2 rings (SSSR count). The van der Waals surface area contributed by atoms with Crippen molar-refractivity contribution in [2.45, 2.75) is 63.7 Å². The molecular weight excluding hydrogens is 518 g/mol. The van der Waals surface area contributed by atoms with Crippen molar-refractivity contribution in [3.8, 4) is 5.75 Å². The molecule has 0 saturated heterocycles. The molecule has 4 unspecified atom stereocenters. The standard InChI is InChI=1S/C28H37N5O7/c1-16(2)12-21(31-25(36)20(29)13-17-6-4-3-5-7-17)26(37)32-22(15-24(30)35)27(38)33-23(28(39)40)14-18-8-10-19(34)11-9-18/h3-11,16,20-23,34H,12-15,29H2,1-2H3,(H2,30,35)(H,31,36)(H,32,37)(H,33,38)(H,39,40). The maximum absolute atomic E-state index is 13.2. The fourth-order valence-electron chi connectivity index (χ4n) is 3.97. The lowest BCUT2D eigenvalue weighted by Crippen LogP contribution is -2.58. The second-order valence-electron chi connectivity index (χ2n) is 9.99.